The minimum atomic E-state index is -0.152. The van der Waals surface area contributed by atoms with Crippen LogP contribution in [0, 0.1) is 6.92 Å². The van der Waals surface area contributed by atoms with Crippen molar-refractivity contribution < 1.29 is 4.79 Å². The number of anilines is 1. The molecular weight excluding hydrogens is 392 g/mol. The highest BCUT2D eigenvalue weighted by Crippen LogP contribution is 2.25. The van der Waals surface area contributed by atoms with Crippen LogP contribution < -0.4 is 10.9 Å². The maximum Gasteiger partial charge on any atom is 0.262 e. The Balaban J connectivity index is 1.51. The van der Waals surface area contributed by atoms with E-state index in [1.54, 1.807) is 22.0 Å². The summed E-state index contributed by atoms with van der Waals surface area (Å²) in [5.41, 5.74) is 2.15. The number of hydrogen-bond acceptors (Lipinski definition) is 6. The van der Waals surface area contributed by atoms with E-state index in [1.165, 1.54) is 11.8 Å². The lowest BCUT2D eigenvalue weighted by Gasteiger charge is -2.11. The third kappa shape index (κ3) is 3.65. The molecule has 0 aliphatic rings. The summed E-state index contributed by atoms with van der Waals surface area (Å²) in [5, 5.41) is 5.02. The lowest BCUT2D eigenvalue weighted by Crippen LogP contribution is -2.23. The van der Waals surface area contributed by atoms with Crippen LogP contribution in [-0.4, -0.2) is 26.2 Å². The summed E-state index contributed by atoms with van der Waals surface area (Å²) >= 11 is 2.89. The van der Waals surface area contributed by atoms with Crippen LogP contribution in [0.5, 0.6) is 0 Å². The van der Waals surface area contributed by atoms with Crippen LogP contribution in [0.25, 0.3) is 21.1 Å². The number of nitrogens with zero attached hydrogens (tertiary/aromatic N) is 3. The SMILES string of the molecule is CCn1c(SCC(=O)Nc2ccc3sc(C)nc3c2)nc2ccccc2c1=O. The van der Waals surface area contributed by atoms with Gasteiger partial charge in [0.05, 0.1) is 31.9 Å². The minimum absolute atomic E-state index is 0.0830. The fraction of sp³-hybridized carbons (Fsp3) is 0.200. The first-order valence-electron chi connectivity index (χ1n) is 8.84. The van der Waals surface area contributed by atoms with Gasteiger partial charge in [-0.05, 0) is 44.2 Å². The Labute approximate surface area is 169 Å². The van der Waals surface area contributed by atoms with Crippen molar-refractivity contribution in [3.05, 3.63) is 57.8 Å². The Morgan fingerprint density at radius 3 is 2.82 bits per heavy atom. The van der Waals surface area contributed by atoms with Crippen LogP contribution in [-0.2, 0) is 11.3 Å². The highest BCUT2D eigenvalue weighted by molar-refractivity contribution is 7.99. The van der Waals surface area contributed by atoms with Gasteiger partial charge in [0.2, 0.25) is 5.91 Å². The summed E-state index contributed by atoms with van der Waals surface area (Å²) in [6, 6.07) is 13.0. The molecule has 0 aliphatic carbocycles. The number of rotatable bonds is 5. The van der Waals surface area contributed by atoms with E-state index >= 15 is 0 Å². The average molecular weight is 411 g/mol. The van der Waals surface area contributed by atoms with Gasteiger partial charge in [0.25, 0.3) is 5.56 Å². The number of aromatic nitrogens is 3. The quantitative estimate of drug-likeness (QED) is 0.396. The molecule has 4 aromatic rings. The van der Waals surface area contributed by atoms with E-state index in [4.69, 9.17) is 0 Å². The number of nitrogens with one attached hydrogen (secondary N) is 1. The topological polar surface area (TPSA) is 76.9 Å². The Kier molecular flexibility index (Phi) is 5.15. The zero-order valence-corrected chi connectivity index (χ0v) is 17.1. The second kappa shape index (κ2) is 7.73. The lowest BCUT2D eigenvalue weighted by atomic mass is 10.2. The van der Waals surface area contributed by atoms with Crippen molar-refractivity contribution in [3.63, 3.8) is 0 Å². The number of amides is 1. The molecule has 8 heteroatoms. The molecule has 0 fully saturated rings. The molecule has 2 aromatic heterocycles. The van der Waals surface area contributed by atoms with E-state index in [2.05, 4.69) is 15.3 Å². The van der Waals surface area contributed by atoms with Gasteiger partial charge in [-0.15, -0.1) is 11.3 Å². The third-order valence-electron chi connectivity index (χ3n) is 4.25. The Morgan fingerprint density at radius 1 is 1.18 bits per heavy atom. The van der Waals surface area contributed by atoms with Gasteiger partial charge in [0.1, 0.15) is 0 Å². The first kappa shape index (κ1) is 18.6. The van der Waals surface area contributed by atoms with E-state index in [0.717, 1.165) is 15.2 Å². The molecule has 4 rings (SSSR count). The second-order valence-electron chi connectivity index (χ2n) is 6.21. The van der Waals surface area contributed by atoms with Gasteiger partial charge in [-0.25, -0.2) is 9.97 Å². The lowest BCUT2D eigenvalue weighted by molar-refractivity contribution is -0.113. The molecule has 0 radical (unpaired) electrons. The monoisotopic (exact) mass is 410 g/mol. The maximum absolute atomic E-state index is 12.6. The molecule has 1 amide bonds. The van der Waals surface area contributed by atoms with E-state index < -0.39 is 0 Å². The van der Waals surface area contributed by atoms with Gasteiger partial charge < -0.3 is 5.32 Å². The number of carbonyl (C=O) groups is 1. The molecule has 0 spiro atoms. The predicted molar refractivity (Wildman–Crippen MR) is 115 cm³/mol. The van der Waals surface area contributed by atoms with Gasteiger partial charge in [-0.1, -0.05) is 23.9 Å². The second-order valence-corrected chi connectivity index (χ2v) is 8.39. The molecule has 0 atom stereocenters. The summed E-state index contributed by atoms with van der Waals surface area (Å²) in [6.45, 7) is 4.36. The number of hydrogen-bond donors (Lipinski definition) is 1. The summed E-state index contributed by atoms with van der Waals surface area (Å²) < 4.78 is 2.70. The van der Waals surface area contributed by atoms with Crippen molar-refractivity contribution in [2.45, 2.75) is 25.5 Å². The van der Waals surface area contributed by atoms with Gasteiger partial charge >= 0.3 is 0 Å². The first-order chi connectivity index (χ1) is 13.5. The van der Waals surface area contributed by atoms with Gasteiger partial charge in [0.15, 0.2) is 5.16 Å². The molecule has 142 valence electrons. The Morgan fingerprint density at radius 2 is 2.00 bits per heavy atom. The Bertz CT molecular complexity index is 1250. The summed E-state index contributed by atoms with van der Waals surface area (Å²) in [4.78, 5) is 34.1. The van der Waals surface area contributed by atoms with Crippen molar-refractivity contribution in [1.82, 2.24) is 14.5 Å². The summed E-state index contributed by atoms with van der Waals surface area (Å²) in [5.74, 6) is 0.0141. The fourth-order valence-electron chi connectivity index (χ4n) is 2.98. The van der Waals surface area contributed by atoms with Crippen molar-refractivity contribution in [1.29, 1.82) is 0 Å². The van der Waals surface area contributed by atoms with Crippen LogP contribution in [0.2, 0.25) is 0 Å². The minimum Gasteiger partial charge on any atom is -0.325 e. The summed E-state index contributed by atoms with van der Waals surface area (Å²) in [6.07, 6.45) is 0. The van der Waals surface area contributed by atoms with Crippen LogP contribution in [0.15, 0.2) is 52.4 Å². The molecule has 0 saturated carbocycles. The molecule has 6 nitrogen and oxygen atoms in total. The molecular formula is C20H18N4O2S2. The summed E-state index contributed by atoms with van der Waals surface area (Å²) in [7, 11) is 0. The molecule has 2 aromatic carbocycles. The molecule has 0 unspecified atom stereocenters. The molecule has 1 N–H and O–H groups in total. The van der Waals surface area contributed by atoms with Crippen LogP contribution >= 0.6 is 23.1 Å². The number of aryl methyl sites for hydroxylation is 1. The molecule has 0 bridgehead atoms. The normalized spacial score (nSPS) is 11.2. The van der Waals surface area contributed by atoms with E-state index in [-0.39, 0.29) is 17.2 Å². The number of fused-ring (bicyclic) bond motifs is 2. The molecule has 28 heavy (non-hydrogen) atoms. The van der Waals surface area contributed by atoms with Crippen molar-refractivity contribution in [2.24, 2.45) is 0 Å². The highest BCUT2D eigenvalue weighted by atomic mass is 32.2. The number of carbonyl (C=O) groups excluding carboxylic acids is 1. The highest BCUT2D eigenvalue weighted by Gasteiger charge is 2.12. The average Bonchev–Trinajstić information content (AvgIpc) is 3.06. The van der Waals surface area contributed by atoms with Gasteiger partial charge in [-0.2, -0.15) is 0 Å². The van der Waals surface area contributed by atoms with Crippen molar-refractivity contribution in [3.8, 4) is 0 Å². The molecule has 0 aliphatic heterocycles. The van der Waals surface area contributed by atoms with E-state index in [9.17, 15) is 9.59 Å². The van der Waals surface area contributed by atoms with E-state index in [1.807, 2.05) is 50.2 Å². The number of thioether (sulfide) groups is 1. The maximum atomic E-state index is 12.6. The number of thiazole rings is 1. The molecule has 0 saturated heterocycles. The largest absolute Gasteiger partial charge is 0.325 e. The van der Waals surface area contributed by atoms with Gasteiger partial charge in [-0.3, -0.25) is 14.2 Å². The first-order valence-corrected chi connectivity index (χ1v) is 10.6. The van der Waals surface area contributed by atoms with Gasteiger partial charge in [0, 0.05) is 12.2 Å². The third-order valence-corrected chi connectivity index (χ3v) is 6.18. The standard InChI is InChI=1S/C20H18N4O2S2/c1-3-24-19(26)14-6-4-5-7-15(14)23-20(24)27-11-18(25)22-13-8-9-17-16(10-13)21-12(2)28-17/h4-10H,3,11H2,1-2H3,(H,22,25). The number of para-hydroxylation sites is 1. The zero-order valence-electron chi connectivity index (χ0n) is 15.4. The van der Waals surface area contributed by atoms with Crippen LogP contribution in [0.1, 0.15) is 11.9 Å². The number of benzene rings is 2. The van der Waals surface area contributed by atoms with Crippen LogP contribution in [0.4, 0.5) is 5.69 Å². The Hall–Kier alpha value is -2.71. The molecule has 2 heterocycles. The predicted octanol–water partition coefficient (Wildman–Crippen LogP) is 4.07. The van der Waals surface area contributed by atoms with E-state index in [0.29, 0.717) is 28.3 Å². The zero-order chi connectivity index (χ0) is 19.7. The van der Waals surface area contributed by atoms with Crippen molar-refractivity contribution in [2.75, 3.05) is 11.1 Å². The smallest absolute Gasteiger partial charge is 0.262 e. The van der Waals surface area contributed by atoms with Crippen molar-refractivity contribution >= 4 is 55.8 Å². The fourth-order valence-corrected chi connectivity index (χ4v) is 4.65. The van der Waals surface area contributed by atoms with Crippen LogP contribution in [0.3, 0.4) is 0 Å².